The molecule has 1 aromatic carbocycles. The lowest BCUT2D eigenvalue weighted by molar-refractivity contribution is -0.274. The quantitative estimate of drug-likeness (QED) is 0.495. The third-order valence-corrected chi connectivity index (χ3v) is 5.69. The number of nitrogens with two attached hydrogens (primary N) is 1. The van der Waals surface area contributed by atoms with Gasteiger partial charge in [-0.3, -0.25) is 4.79 Å². The zero-order valence-electron chi connectivity index (χ0n) is 14.5. The molecule has 2 aromatic rings. The van der Waals surface area contributed by atoms with Crippen molar-refractivity contribution in [1.29, 1.82) is 0 Å². The zero-order valence-corrected chi connectivity index (χ0v) is 16.6. The number of anilines is 1. The lowest BCUT2D eigenvalue weighted by atomic mass is 9.89. The van der Waals surface area contributed by atoms with Crippen molar-refractivity contribution in [3.05, 3.63) is 51.0 Å². The maximum atomic E-state index is 14.2. The molecular formula is C18H16F4IN3O2. The fourth-order valence-electron chi connectivity index (χ4n) is 3.22. The minimum atomic E-state index is -4.78. The Morgan fingerprint density at radius 3 is 2.39 bits per heavy atom. The molecule has 0 atom stereocenters. The van der Waals surface area contributed by atoms with Gasteiger partial charge in [-0.25, -0.2) is 9.37 Å². The Hall–Kier alpha value is -2.11. The molecule has 1 aromatic heterocycles. The van der Waals surface area contributed by atoms with Crippen LogP contribution in [0.15, 0.2) is 30.5 Å². The Balaban J connectivity index is 1.65. The summed E-state index contributed by atoms with van der Waals surface area (Å²) >= 11 is 1.97. The van der Waals surface area contributed by atoms with E-state index in [0.717, 1.165) is 18.3 Å². The van der Waals surface area contributed by atoms with Crippen molar-refractivity contribution in [1.82, 2.24) is 9.88 Å². The molecule has 0 aliphatic carbocycles. The number of aromatic nitrogens is 1. The van der Waals surface area contributed by atoms with Gasteiger partial charge in [-0.2, -0.15) is 0 Å². The SMILES string of the molecule is Nc1ncc(F)c(C2CCN(C(=O)c3ccc(OC(F)(F)F)cc3)CC2)c1I. The van der Waals surface area contributed by atoms with E-state index in [4.69, 9.17) is 5.73 Å². The zero-order chi connectivity index (χ0) is 20.5. The van der Waals surface area contributed by atoms with Crippen LogP contribution in [0.25, 0.3) is 0 Å². The Morgan fingerprint density at radius 2 is 1.82 bits per heavy atom. The van der Waals surface area contributed by atoms with Crippen LogP contribution in [-0.2, 0) is 0 Å². The van der Waals surface area contributed by atoms with Gasteiger partial charge in [0.05, 0.1) is 9.77 Å². The number of pyridine rings is 1. The smallest absolute Gasteiger partial charge is 0.406 e. The van der Waals surface area contributed by atoms with Gasteiger partial charge < -0.3 is 15.4 Å². The van der Waals surface area contributed by atoms with E-state index in [-0.39, 0.29) is 29.0 Å². The van der Waals surface area contributed by atoms with Crippen molar-refractivity contribution in [3.8, 4) is 5.75 Å². The number of hydrogen-bond donors (Lipinski definition) is 1. The maximum Gasteiger partial charge on any atom is 0.573 e. The third-order valence-electron chi connectivity index (χ3n) is 4.56. The topological polar surface area (TPSA) is 68.5 Å². The largest absolute Gasteiger partial charge is 0.573 e. The molecule has 1 saturated heterocycles. The van der Waals surface area contributed by atoms with Crippen LogP contribution in [-0.4, -0.2) is 35.2 Å². The van der Waals surface area contributed by atoms with E-state index in [1.165, 1.54) is 12.1 Å². The highest BCUT2D eigenvalue weighted by atomic mass is 127. The molecule has 5 nitrogen and oxygen atoms in total. The summed E-state index contributed by atoms with van der Waals surface area (Å²) in [5, 5.41) is 0. The van der Waals surface area contributed by atoms with E-state index in [1.807, 2.05) is 22.6 Å². The number of alkyl halides is 3. The highest BCUT2D eigenvalue weighted by Crippen LogP contribution is 2.35. The lowest BCUT2D eigenvalue weighted by Gasteiger charge is -2.33. The molecule has 0 unspecified atom stereocenters. The summed E-state index contributed by atoms with van der Waals surface area (Å²) in [5.41, 5.74) is 6.56. The predicted octanol–water partition coefficient (Wildman–Crippen LogP) is 4.33. The van der Waals surface area contributed by atoms with Crippen LogP contribution in [0.4, 0.5) is 23.4 Å². The standard InChI is InChI=1S/C18H16F4IN3O2/c19-13-9-25-16(24)15(23)14(13)10-5-7-26(8-6-10)17(27)11-1-3-12(4-2-11)28-18(20,21)22/h1-4,9-10H,5-8H2,(H2,24,25). The first-order valence-corrected chi connectivity index (χ1v) is 9.48. The first-order chi connectivity index (χ1) is 13.2. The number of carbonyl (C=O) groups excluding carboxylic acids is 1. The predicted molar refractivity (Wildman–Crippen MR) is 102 cm³/mol. The second-order valence-electron chi connectivity index (χ2n) is 6.36. The minimum Gasteiger partial charge on any atom is -0.406 e. The van der Waals surface area contributed by atoms with E-state index in [0.29, 0.717) is 35.1 Å². The van der Waals surface area contributed by atoms with Crippen molar-refractivity contribution < 1.29 is 27.1 Å². The van der Waals surface area contributed by atoms with Crippen molar-refractivity contribution in [3.63, 3.8) is 0 Å². The molecule has 0 radical (unpaired) electrons. The van der Waals surface area contributed by atoms with E-state index >= 15 is 0 Å². The molecule has 0 spiro atoms. The highest BCUT2D eigenvalue weighted by Gasteiger charge is 2.31. The lowest BCUT2D eigenvalue weighted by Crippen LogP contribution is -2.38. The van der Waals surface area contributed by atoms with Gasteiger partial charge in [0, 0.05) is 24.2 Å². The Kier molecular flexibility index (Phi) is 5.96. The minimum absolute atomic E-state index is 0.0798. The van der Waals surface area contributed by atoms with Gasteiger partial charge in [0.25, 0.3) is 5.91 Å². The van der Waals surface area contributed by atoms with Crippen molar-refractivity contribution in [2.75, 3.05) is 18.8 Å². The molecule has 1 aliphatic heterocycles. The molecule has 28 heavy (non-hydrogen) atoms. The fourth-order valence-corrected chi connectivity index (χ4v) is 4.06. The summed E-state index contributed by atoms with van der Waals surface area (Å²) in [6.07, 6.45) is -2.57. The number of hydrogen-bond acceptors (Lipinski definition) is 4. The summed E-state index contributed by atoms with van der Waals surface area (Å²) in [6, 6.07) is 4.79. The molecule has 150 valence electrons. The van der Waals surface area contributed by atoms with Crippen molar-refractivity contribution in [2.24, 2.45) is 0 Å². The van der Waals surface area contributed by atoms with Gasteiger partial charge in [0.1, 0.15) is 17.4 Å². The van der Waals surface area contributed by atoms with Crippen LogP contribution in [0.5, 0.6) is 5.75 Å². The summed E-state index contributed by atoms with van der Waals surface area (Å²) in [5.74, 6) is -0.895. The van der Waals surface area contributed by atoms with Crippen LogP contribution >= 0.6 is 22.6 Å². The number of rotatable bonds is 3. The van der Waals surface area contributed by atoms with Gasteiger partial charge in [0.2, 0.25) is 0 Å². The molecule has 0 saturated carbocycles. The first kappa shape index (κ1) is 20.6. The summed E-state index contributed by atoms with van der Waals surface area (Å²) in [4.78, 5) is 18.0. The molecule has 10 heteroatoms. The second kappa shape index (κ2) is 8.10. The average Bonchev–Trinajstić information content (AvgIpc) is 2.64. The number of nitrogens with zero attached hydrogens (tertiary/aromatic N) is 2. The van der Waals surface area contributed by atoms with Gasteiger partial charge >= 0.3 is 6.36 Å². The monoisotopic (exact) mass is 509 g/mol. The summed E-state index contributed by atoms with van der Waals surface area (Å²) in [6.45, 7) is 0.810. The molecular weight excluding hydrogens is 493 g/mol. The Labute approximate surface area is 172 Å². The van der Waals surface area contributed by atoms with Crippen LogP contribution in [0, 0.1) is 9.39 Å². The molecule has 2 N–H and O–H groups in total. The van der Waals surface area contributed by atoms with Crippen molar-refractivity contribution in [2.45, 2.75) is 25.1 Å². The number of halogens is 5. The Bertz CT molecular complexity index is 866. The number of nitrogen functional groups attached to an aromatic ring is 1. The van der Waals surface area contributed by atoms with Gasteiger partial charge in [0.15, 0.2) is 0 Å². The normalized spacial score (nSPS) is 15.5. The molecule has 2 heterocycles. The highest BCUT2D eigenvalue weighted by molar-refractivity contribution is 14.1. The number of amides is 1. The fraction of sp³-hybridized carbons (Fsp3) is 0.333. The van der Waals surface area contributed by atoms with Crippen LogP contribution in [0.2, 0.25) is 0 Å². The molecule has 1 amide bonds. The molecule has 1 aliphatic rings. The van der Waals surface area contributed by atoms with E-state index in [9.17, 15) is 22.4 Å². The van der Waals surface area contributed by atoms with Gasteiger partial charge in [-0.15, -0.1) is 13.2 Å². The molecule has 0 bridgehead atoms. The second-order valence-corrected chi connectivity index (χ2v) is 7.44. The first-order valence-electron chi connectivity index (χ1n) is 8.40. The Morgan fingerprint density at radius 1 is 1.21 bits per heavy atom. The average molecular weight is 509 g/mol. The number of carbonyl (C=O) groups is 1. The number of likely N-dealkylation sites (tertiary alicyclic amines) is 1. The van der Waals surface area contributed by atoms with E-state index in [1.54, 1.807) is 4.90 Å². The number of piperidine rings is 1. The van der Waals surface area contributed by atoms with Crippen LogP contribution in [0.1, 0.15) is 34.7 Å². The number of ether oxygens (including phenoxy) is 1. The van der Waals surface area contributed by atoms with Gasteiger partial charge in [-0.1, -0.05) is 0 Å². The summed E-state index contributed by atoms with van der Waals surface area (Å²) in [7, 11) is 0. The summed E-state index contributed by atoms with van der Waals surface area (Å²) < 4.78 is 55.2. The van der Waals surface area contributed by atoms with E-state index < -0.39 is 12.2 Å². The van der Waals surface area contributed by atoms with E-state index in [2.05, 4.69) is 9.72 Å². The number of benzene rings is 1. The maximum absolute atomic E-state index is 14.2. The molecule has 3 rings (SSSR count). The van der Waals surface area contributed by atoms with Crippen molar-refractivity contribution >= 4 is 34.3 Å². The third kappa shape index (κ3) is 4.65. The van der Waals surface area contributed by atoms with Crippen LogP contribution < -0.4 is 10.5 Å². The van der Waals surface area contributed by atoms with Gasteiger partial charge in [-0.05, 0) is 65.6 Å². The molecule has 1 fully saturated rings. The van der Waals surface area contributed by atoms with Crippen LogP contribution in [0.3, 0.4) is 0 Å².